The fourth-order valence-corrected chi connectivity index (χ4v) is 2.61. The first-order valence-corrected chi connectivity index (χ1v) is 6.68. The van der Waals surface area contributed by atoms with Crippen LogP contribution in [0.1, 0.15) is 38.4 Å². The molecule has 0 bridgehead atoms. The van der Waals surface area contributed by atoms with Crippen LogP contribution in [-0.2, 0) is 0 Å². The van der Waals surface area contributed by atoms with Crippen LogP contribution < -0.4 is 0 Å². The zero-order valence-corrected chi connectivity index (χ0v) is 11.1. The van der Waals surface area contributed by atoms with E-state index < -0.39 is 11.8 Å². The lowest BCUT2D eigenvalue weighted by Crippen LogP contribution is -2.48. The summed E-state index contributed by atoms with van der Waals surface area (Å²) in [6.45, 7) is 5.80. The summed E-state index contributed by atoms with van der Waals surface area (Å²) in [7, 11) is 0. The maximum absolute atomic E-state index is 14.5. The van der Waals surface area contributed by atoms with Crippen LogP contribution in [0, 0.1) is 0 Å². The fraction of sp³-hybridized carbons (Fsp3) is 0.600. The van der Waals surface area contributed by atoms with Crippen molar-refractivity contribution >= 4 is 0 Å². The molecular weight excluding hydrogens is 229 g/mol. The Morgan fingerprint density at radius 3 is 2.22 bits per heavy atom. The lowest BCUT2D eigenvalue weighted by atomic mass is 9.83. The average Bonchev–Trinajstić information content (AvgIpc) is 2.39. The van der Waals surface area contributed by atoms with Crippen molar-refractivity contribution in [3.8, 4) is 0 Å². The molecule has 1 atom stereocenters. The standard InChI is InChI=1S/C15H22FNO/c1-12(2)17-10-8-15(18,9-11-17)14(16)13-6-4-3-5-7-13/h3-7,12,14,18H,8-11H2,1-2H3. The van der Waals surface area contributed by atoms with E-state index >= 15 is 0 Å². The van der Waals surface area contributed by atoms with Crippen molar-refractivity contribution in [1.29, 1.82) is 0 Å². The van der Waals surface area contributed by atoms with Crippen molar-refractivity contribution in [3.05, 3.63) is 35.9 Å². The van der Waals surface area contributed by atoms with Crippen molar-refractivity contribution in [2.24, 2.45) is 0 Å². The molecule has 0 radical (unpaired) electrons. The average molecular weight is 251 g/mol. The van der Waals surface area contributed by atoms with Gasteiger partial charge in [0, 0.05) is 19.1 Å². The highest BCUT2D eigenvalue weighted by Crippen LogP contribution is 2.37. The van der Waals surface area contributed by atoms with E-state index in [4.69, 9.17) is 0 Å². The molecule has 100 valence electrons. The Morgan fingerprint density at radius 1 is 1.17 bits per heavy atom. The smallest absolute Gasteiger partial charge is 0.154 e. The van der Waals surface area contributed by atoms with Crippen LogP contribution in [0.2, 0.25) is 0 Å². The lowest BCUT2D eigenvalue weighted by Gasteiger charge is -2.41. The van der Waals surface area contributed by atoms with Gasteiger partial charge in [-0.2, -0.15) is 0 Å². The van der Waals surface area contributed by atoms with E-state index in [0.717, 1.165) is 13.1 Å². The van der Waals surface area contributed by atoms with Crippen molar-refractivity contribution in [2.45, 2.75) is 44.5 Å². The zero-order valence-electron chi connectivity index (χ0n) is 11.1. The van der Waals surface area contributed by atoms with Crippen LogP contribution in [0.15, 0.2) is 30.3 Å². The van der Waals surface area contributed by atoms with Crippen LogP contribution >= 0.6 is 0 Å². The lowest BCUT2D eigenvalue weighted by molar-refractivity contribution is -0.0838. The SMILES string of the molecule is CC(C)N1CCC(O)(C(F)c2ccccc2)CC1. The number of likely N-dealkylation sites (tertiary alicyclic amines) is 1. The summed E-state index contributed by atoms with van der Waals surface area (Å²) in [6.07, 6.45) is -0.282. The topological polar surface area (TPSA) is 23.5 Å². The molecule has 0 aliphatic carbocycles. The molecule has 1 unspecified atom stereocenters. The van der Waals surface area contributed by atoms with Crippen molar-refractivity contribution < 1.29 is 9.50 Å². The second kappa shape index (κ2) is 5.37. The number of piperidine rings is 1. The molecule has 1 aliphatic heterocycles. The molecule has 0 aromatic heterocycles. The highest BCUT2D eigenvalue weighted by Gasteiger charge is 2.41. The van der Waals surface area contributed by atoms with Gasteiger partial charge in [0.15, 0.2) is 6.17 Å². The first-order valence-electron chi connectivity index (χ1n) is 6.68. The maximum Gasteiger partial charge on any atom is 0.154 e. The van der Waals surface area contributed by atoms with Crippen LogP contribution in [0.5, 0.6) is 0 Å². The van der Waals surface area contributed by atoms with E-state index in [1.165, 1.54) is 0 Å². The summed E-state index contributed by atoms with van der Waals surface area (Å²) in [5, 5.41) is 10.5. The van der Waals surface area contributed by atoms with E-state index in [-0.39, 0.29) is 0 Å². The number of hydrogen-bond donors (Lipinski definition) is 1. The normalized spacial score (nSPS) is 22.1. The molecule has 1 fully saturated rings. The number of hydrogen-bond acceptors (Lipinski definition) is 2. The minimum atomic E-state index is -1.28. The Kier molecular flexibility index (Phi) is 4.03. The van der Waals surface area contributed by atoms with E-state index in [0.29, 0.717) is 24.4 Å². The molecular formula is C15H22FNO. The highest BCUT2D eigenvalue weighted by atomic mass is 19.1. The third-order valence-corrected chi connectivity index (χ3v) is 3.96. The molecule has 1 saturated heterocycles. The number of halogens is 1. The predicted molar refractivity (Wildman–Crippen MR) is 71.2 cm³/mol. The minimum Gasteiger partial charge on any atom is -0.386 e. The van der Waals surface area contributed by atoms with Crippen molar-refractivity contribution in [3.63, 3.8) is 0 Å². The van der Waals surface area contributed by atoms with Gasteiger partial charge in [-0.3, -0.25) is 0 Å². The molecule has 3 heteroatoms. The van der Waals surface area contributed by atoms with E-state index in [1.54, 1.807) is 12.1 Å². The largest absolute Gasteiger partial charge is 0.386 e. The van der Waals surface area contributed by atoms with Crippen LogP contribution in [0.25, 0.3) is 0 Å². The maximum atomic E-state index is 14.5. The molecule has 2 rings (SSSR count). The Bertz CT molecular complexity index is 371. The van der Waals surface area contributed by atoms with Gasteiger partial charge in [-0.15, -0.1) is 0 Å². The van der Waals surface area contributed by atoms with Gasteiger partial charge in [0.05, 0.1) is 0 Å². The van der Waals surface area contributed by atoms with Crippen molar-refractivity contribution in [2.75, 3.05) is 13.1 Å². The number of rotatable bonds is 3. The summed E-state index contributed by atoms with van der Waals surface area (Å²) >= 11 is 0. The first-order chi connectivity index (χ1) is 8.53. The molecule has 1 heterocycles. The van der Waals surface area contributed by atoms with Gasteiger partial charge < -0.3 is 10.0 Å². The van der Waals surface area contributed by atoms with Crippen molar-refractivity contribution in [1.82, 2.24) is 4.90 Å². The third kappa shape index (κ3) is 2.73. The number of nitrogens with zero attached hydrogens (tertiary/aromatic N) is 1. The highest BCUT2D eigenvalue weighted by molar-refractivity contribution is 5.21. The van der Waals surface area contributed by atoms with Crippen LogP contribution in [-0.4, -0.2) is 34.7 Å². The van der Waals surface area contributed by atoms with E-state index in [9.17, 15) is 9.50 Å². The number of benzene rings is 1. The molecule has 1 aromatic carbocycles. The van der Waals surface area contributed by atoms with Gasteiger partial charge in [0.25, 0.3) is 0 Å². The first kappa shape index (κ1) is 13.5. The summed E-state index contributed by atoms with van der Waals surface area (Å²) in [6, 6.07) is 9.45. The molecule has 0 spiro atoms. The van der Waals surface area contributed by atoms with Crippen LogP contribution in [0.4, 0.5) is 4.39 Å². The Labute approximate surface area is 108 Å². The predicted octanol–water partition coefficient (Wildman–Crippen LogP) is 2.93. The second-order valence-corrected chi connectivity index (χ2v) is 5.51. The summed E-state index contributed by atoms with van der Waals surface area (Å²) in [5.41, 5.74) is -0.620. The molecule has 1 aromatic rings. The van der Waals surface area contributed by atoms with Gasteiger partial charge in [-0.1, -0.05) is 30.3 Å². The quantitative estimate of drug-likeness (QED) is 0.893. The molecule has 1 aliphatic rings. The molecule has 2 nitrogen and oxygen atoms in total. The Morgan fingerprint density at radius 2 is 1.72 bits per heavy atom. The van der Waals surface area contributed by atoms with Gasteiger partial charge in [-0.25, -0.2) is 4.39 Å². The summed E-state index contributed by atoms with van der Waals surface area (Å²) in [4.78, 5) is 2.28. The van der Waals surface area contributed by atoms with E-state index in [1.807, 2.05) is 18.2 Å². The molecule has 18 heavy (non-hydrogen) atoms. The summed E-state index contributed by atoms with van der Waals surface area (Å²) in [5.74, 6) is 0. The van der Waals surface area contributed by atoms with E-state index in [2.05, 4.69) is 18.7 Å². The minimum absolute atomic E-state index is 0.462. The van der Waals surface area contributed by atoms with Gasteiger partial charge in [-0.05, 0) is 32.3 Å². The molecule has 0 saturated carbocycles. The zero-order chi connectivity index (χ0) is 13.2. The second-order valence-electron chi connectivity index (χ2n) is 5.51. The molecule has 1 N–H and O–H groups in total. The molecule has 0 amide bonds. The van der Waals surface area contributed by atoms with Gasteiger partial charge in [0.2, 0.25) is 0 Å². The third-order valence-electron chi connectivity index (χ3n) is 3.96. The van der Waals surface area contributed by atoms with Crippen LogP contribution in [0.3, 0.4) is 0 Å². The van der Waals surface area contributed by atoms with Gasteiger partial charge >= 0.3 is 0 Å². The number of alkyl halides is 1. The fourth-order valence-electron chi connectivity index (χ4n) is 2.61. The van der Waals surface area contributed by atoms with Gasteiger partial charge in [0.1, 0.15) is 5.60 Å². The Balaban J connectivity index is 2.05. The summed E-state index contributed by atoms with van der Waals surface area (Å²) < 4.78 is 14.5. The monoisotopic (exact) mass is 251 g/mol. The number of aliphatic hydroxyl groups is 1. The Hall–Kier alpha value is -0.930.